The number of nitrogens with zero attached hydrogens (tertiary/aromatic N) is 2. The number of aromatic nitrogens is 2. The zero-order chi connectivity index (χ0) is 11.7. The molecular weight excluding hydrogens is 208 g/mol. The van der Waals surface area contributed by atoms with E-state index in [0.29, 0.717) is 5.69 Å². The molecule has 1 aromatic carbocycles. The van der Waals surface area contributed by atoms with Crippen LogP contribution in [0.5, 0.6) is 0 Å². The van der Waals surface area contributed by atoms with Crippen LogP contribution in [0.2, 0.25) is 0 Å². The zero-order valence-corrected chi connectivity index (χ0v) is 8.67. The molecule has 0 fully saturated rings. The van der Waals surface area contributed by atoms with Gasteiger partial charge in [-0.25, -0.2) is 4.79 Å². The zero-order valence-electron chi connectivity index (χ0n) is 8.67. The Morgan fingerprint density at radius 1 is 1.38 bits per heavy atom. The van der Waals surface area contributed by atoms with Gasteiger partial charge in [0.25, 0.3) is 0 Å². The second-order valence-electron chi connectivity index (χ2n) is 3.49. The summed E-state index contributed by atoms with van der Waals surface area (Å²) in [5.74, 6) is -2.24. The summed E-state index contributed by atoms with van der Waals surface area (Å²) in [4.78, 5) is 21.7. The van der Waals surface area contributed by atoms with Gasteiger partial charge in [-0.2, -0.15) is 5.10 Å². The van der Waals surface area contributed by atoms with Gasteiger partial charge >= 0.3 is 5.97 Å². The van der Waals surface area contributed by atoms with E-state index in [2.05, 4.69) is 5.10 Å². The van der Waals surface area contributed by atoms with Crippen molar-refractivity contribution in [2.24, 2.45) is 7.05 Å². The Bertz CT molecular complexity index is 572. The minimum absolute atomic E-state index is 0.133. The minimum Gasteiger partial charge on any atom is -0.475 e. The van der Waals surface area contributed by atoms with Gasteiger partial charge in [0.1, 0.15) is 0 Å². The Hall–Kier alpha value is -2.17. The molecular formula is C11H10N2O3. The van der Waals surface area contributed by atoms with Gasteiger partial charge < -0.3 is 5.11 Å². The lowest BCUT2D eigenvalue weighted by Gasteiger charge is -1.98. The van der Waals surface area contributed by atoms with Crippen molar-refractivity contribution in [1.29, 1.82) is 0 Å². The first-order valence-corrected chi connectivity index (χ1v) is 4.76. The van der Waals surface area contributed by atoms with Crippen LogP contribution in [0.15, 0.2) is 24.3 Å². The van der Waals surface area contributed by atoms with Crippen LogP contribution in [0.4, 0.5) is 0 Å². The first kappa shape index (κ1) is 10.4. The number of carboxylic acids is 1. The van der Waals surface area contributed by atoms with E-state index in [0.717, 1.165) is 10.9 Å². The molecule has 0 saturated carbocycles. The van der Waals surface area contributed by atoms with Crippen molar-refractivity contribution in [3.8, 4) is 0 Å². The fourth-order valence-electron chi connectivity index (χ4n) is 1.64. The molecule has 0 aliphatic rings. The van der Waals surface area contributed by atoms with Crippen LogP contribution in [0.1, 0.15) is 5.69 Å². The number of carbonyl (C=O) groups is 2. The van der Waals surface area contributed by atoms with E-state index in [1.54, 1.807) is 11.7 Å². The average Bonchev–Trinajstić information content (AvgIpc) is 2.55. The number of hydrogen-bond acceptors (Lipinski definition) is 3. The summed E-state index contributed by atoms with van der Waals surface area (Å²) in [6.45, 7) is 0. The molecule has 2 rings (SSSR count). The van der Waals surface area contributed by atoms with E-state index in [1.807, 2.05) is 24.3 Å². The molecule has 0 aliphatic heterocycles. The summed E-state index contributed by atoms with van der Waals surface area (Å²) in [5, 5.41) is 13.6. The van der Waals surface area contributed by atoms with Gasteiger partial charge in [-0.1, -0.05) is 18.2 Å². The Labute approximate surface area is 91.3 Å². The normalized spacial score (nSPS) is 10.6. The maximum absolute atomic E-state index is 11.2. The molecule has 0 amide bonds. The van der Waals surface area contributed by atoms with Crippen LogP contribution in [-0.2, 0) is 23.1 Å². The molecule has 82 valence electrons. The SMILES string of the molecule is Cn1nc2ccccc2c1CC(=O)C(=O)O. The lowest BCUT2D eigenvalue weighted by Crippen LogP contribution is -2.17. The number of aliphatic carboxylic acids is 1. The second-order valence-corrected chi connectivity index (χ2v) is 3.49. The number of ketones is 1. The van der Waals surface area contributed by atoms with Gasteiger partial charge in [-0.05, 0) is 6.07 Å². The fourth-order valence-corrected chi connectivity index (χ4v) is 1.64. The van der Waals surface area contributed by atoms with Gasteiger partial charge in [-0.15, -0.1) is 0 Å². The summed E-state index contributed by atoms with van der Waals surface area (Å²) in [6, 6.07) is 7.33. The number of fused-ring (bicyclic) bond motifs is 1. The summed E-state index contributed by atoms with van der Waals surface area (Å²) in [5.41, 5.74) is 1.39. The molecule has 0 atom stereocenters. The van der Waals surface area contributed by atoms with Crippen LogP contribution in [0.3, 0.4) is 0 Å². The van der Waals surface area contributed by atoms with E-state index >= 15 is 0 Å². The molecule has 0 saturated heterocycles. The second kappa shape index (κ2) is 3.77. The van der Waals surface area contributed by atoms with Crippen LogP contribution in [0, 0.1) is 0 Å². The van der Waals surface area contributed by atoms with Gasteiger partial charge in [0.05, 0.1) is 17.6 Å². The molecule has 5 heteroatoms. The topological polar surface area (TPSA) is 72.2 Å². The van der Waals surface area contributed by atoms with Crippen molar-refractivity contribution in [2.45, 2.75) is 6.42 Å². The molecule has 16 heavy (non-hydrogen) atoms. The van der Waals surface area contributed by atoms with Gasteiger partial charge in [-0.3, -0.25) is 9.48 Å². The monoisotopic (exact) mass is 218 g/mol. The van der Waals surface area contributed by atoms with Crippen molar-refractivity contribution >= 4 is 22.7 Å². The van der Waals surface area contributed by atoms with Crippen LogP contribution >= 0.6 is 0 Å². The van der Waals surface area contributed by atoms with E-state index < -0.39 is 11.8 Å². The lowest BCUT2D eigenvalue weighted by molar-refractivity contribution is -0.148. The van der Waals surface area contributed by atoms with E-state index in [4.69, 9.17) is 5.11 Å². The fraction of sp³-hybridized carbons (Fsp3) is 0.182. The summed E-state index contributed by atoms with van der Waals surface area (Å²) in [7, 11) is 1.70. The molecule has 5 nitrogen and oxygen atoms in total. The quantitative estimate of drug-likeness (QED) is 0.772. The highest BCUT2D eigenvalue weighted by Gasteiger charge is 2.17. The van der Waals surface area contributed by atoms with Crippen LogP contribution in [-0.4, -0.2) is 26.6 Å². The minimum atomic E-state index is -1.41. The Morgan fingerprint density at radius 3 is 2.75 bits per heavy atom. The Kier molecular flexibility index (Phi) is 2.44. The molecule has 1 aromatic heterocycles. The number of carboxylic acid groups (broad SMARTS) is 1. The average molecular weight is 218 g/mol. The number of aryl methyl sites for hydroxylation is 1. The molecule has 0 bridgehead atoms. The van der Waals surface area contributed by atoms with Crippen molar-refractivity contribution < 1.29 is 14.7 Å². The van der Waals surface area contributed by atoms with Gasteiger partial charge in [0.15, 0.2) is 0 Å². The van der Waals surface area contributed by atoms with Crippen molar-refractivity contribution in [1.82, 2.24) is 9.78 Å². The highest BCUT2D eigenvalue weighted by atomic mass is 16.4. The maximum atomic E-state index is 11.2. The van der Waals surface area contributed by atoms with Gasteiger partial charge in [0.2, 0.25) is 5.78 Å². The third-order valence-corrected chi connectivity index (χ3v) is 2.43. The lowest BCUT2D eigenvalue weighted by atomic mass is 10.1. The van der Waals surface area contributed by atoms with Gasteiger partial charge in [0, 0.05) is 12.4 Å². The standard InChI is InChI=1S/C11H10N2O3/c1-13-9(6-10(14)11(15)16)7-4-2-3-5-8(7)12-13/h2-5H,6H2,1H3,(H,15,16). The summed E-state index contributed by atoms with van der Waals surface area (Å²) in [6.07, 6.45) is -0.133. The number of rotatable bonds is 3. The maximum Gasteiger partial charge on any atom is 0.372 e. The summed E-state index contributed by atoms with van der Waals surface area (Å²) >= 11 is 0. The number of Topliss-reactive ketones (excluding diaryl/α,β-unsaturated/α-hetero) is 1. The molecule has 2 aromatic rings. The van der Waals surface area contributed by atoms with E-state index in [1.165, 1.54) is 0 Å². The van der Waals surface area contributed by atoms with E-state index in [9.17, 15) is 9.59 Å². The molecule has 1 heterocycles. The largest absolute Gasteiger partial charge is 0.475 e. The third-order valence-electron chi connectivity index (χ3n) is 2.43. The van der Waals surface area contributed by atoms with Crippen LogP contribution < -0.4 is 0 Å². The highest BCUT2D eigenvalue weighted by Crippen LogP contribution is 2.17. The predicted molar refractivity (Wildman–Crippen MR) is 57.1 cm³/mol. The molecule has 0 unspecified atom stereocenters. The van der Waals surface area contributed by atoms with Crippen molar-refractivity contribution in [3.05, 3.63) is 30.0 Å². The van der Waals surface area contributed by atoms with Crippen LogP contribution in [0.25, 0.3) is 10.9 Å². The predicted octanol–water partition coefficient (Wildman–Crippen LogP) is 0.769. The van der Waals surface area contributed by atoms with E-state index in [-0.39, 0.29) is 6.42 Å². The molecule has 1 N–H and O–H groups in total. The highest BCUT2D eigenvalue weighted by molar-refractivity contribution is 6.33. The Morgan fingerprint density at radius 2 is 2.06 bits per heavy atom. The first-order valence-electron chi connectivity index (χ1n) is 4.76. The molecule has 0 radical (unpaired) electrons. The van der Waals surface area contributed by atoms with Crippen molar-refractivity contribution in [2.75, 3.05) is 0 Å². The molecule has 0 aliphatic carbocycles. The first-order chi connectivity index (χ1) is 7.59. The number of carbonyl (C=O) groups excluding carboxylic acids is 1. The molecule has 0 spiro atoms. The van der Waals surface area contributed by atoms with Crippen molar-refractivity contribution in [3.63, 3.8) is 0 Å². The smallest absolute Gasteiger partial charge is 0.372 e. The number of hydrogen-bond donors (Lipinski definition) is 1. The summed E-state index contributed by atoms with van der Waals surface area (Å²) < 4.78 is 1.55. The third kappa shape index (κ3) is 1.67. The Balaban J connectivity index is 2.47. The number of benzene rings is 1.